The third-order valence-electron chi connectivity index (χ3n) is 4.65. The maximum Gasteiger partial charge on any atom is 0.174 e. The lowest BCUT2D eigenvalue weighted by Gasteiger charge is -2.05. The van der Waals surface area contributed by atoms with Crippen LogP contribution in [0.3, 0.4) is 0 Å². The topological polar surface area (TPSA) is 92.9 Å². The number of fused-ring (bicyclic) bond motifs is 2. The number of rotatable bonds is 4. The van der Waals surface area contributed by atoms with E-state index in [1.165, 1.54) is 0 Å². The van der Waals surface area contributed by atoms with Crippen molar-refractivity contribution in [3.8, 4) is 34.7 Å². The van der Waals surface area contributed by atoms with E-state index in [2.05, 4.69) is 19.9 Å². The second-order valence-corrected chi connectivity index (χ2v) is 6.59. The molecule has 4 aromatic heterocycles. The number of imidazole rings is 2. The van der Waals surface area contributed by atoms with Gasteiger partial charge >= 0.3 is 0 Å². The van der Waals surface area contributed by atoms with E-state index in [0.29, 0.717) is 34.7 Å². The van der Waals surface area contributed by atoms with Crippen LogP contribution in [0.1, 0.15) is 0 Å². The predicted octanol–water partition coefficient (Wildman–Crippen LogP) is 5.75. The third-order valence-corrected chi connectivity index (χ3v) is 4.65. The van der Waals surface area contributed by atoms with Crippen LogP contribution in [0.5, 0.6) is 11.5 Å². The number of benzene rings is 2. The number of H-pyrrole nitrogens is 2. The zero-order valence-electron chi connectivity index (χ0n) is 15.0. The summed E-state index contributed by atoms with van der Waals surface area (Å²) in [6.45, 7) is 0. The van der Waals surface area contributed by atoms with Crippen LogP contribution >= 0.6 is 0 Å². The van der Waals surface area contributed by atoms with Crippen LogP contribution in [0.2, 0.25) is 0 Å². The first-order valence-electron chi connectivity index (χ1n) is 9.07. The fourth-order valence-electron chi connectivity index (χ4n) is 3.30. The highest BCUT2D eigenvalue weighted by Gasteiger charge is 2.11. The molecule has 2 aromatic carbocycles. The maximum absolute atomic E-state index is 6.05. The summed E-state index contributed by atoms with van der Waals surface area (Å²) in [5.74, 6) is 4.17. The van der Waals surface area contributed by atoms with Gasteiger partial charge in [0.15, 0.2) is 23.2 Å². The smallest absolute Gasteiger partial charge is 0.174 e. The lowest BCUT2D eigenvalue weighted by atomic mass is 10.3. The van der Waals surface area contributed by atoms with Gasteiger partial charge in [-0.2, -0.15) is 0 Å². The zero-order chi connectivity index (χ0) is 19.2. The first-order chi connectivity index (χ1) is 14.3. The molecule has 0 saturated heterocycles. The highest BCUT2D eigenvalue weighted by molar-refractivity contribution is 5.81. The van der Waals surface area contributed by atoms with Crippen LogP contribution in [0.4, 0.5) is 0 Å². The zero-order valence-corrected chi connectivity index (χ0v) is 15.0. The fraction of sp³-hybridized carbons (Fsp3) is 0. The minimum Gasteiger partial charge on any atom is -0.461 e. The molecule has 0 amide bonds. The first-order valence-corrected chi connectivity index (χ1v) is 9.07. The average Bonchev–Trinajstić information content (AvgIpc) is 3.53. The molecule has 7 nitrogen and oxygen atoms in total. The molecule has 0 aliphatic rings. The van der Waals surface area contributed by atoms with Gasteiger partial charge < -0.3 is 23.5 Å². The first kappa shape index (κ1) is 15.8. The second-order valence-electron chi connectivity index (χ2n) is 6.59. The lowest BCUT2D eigenvalue weighted by Crippen LogP contribution is -1.84. The van der Waals surface area contributed by atoms with Crippen LogP contribution in [0.25, 0.3) is 45.2 Å². The van der Waals surface area contributed by atoms with E-state index in [1.54, 1.807) is 12.5 Å². The molecule has 6 rings (SSSR count). The number of ether oxygens (including phenoxy) is 1. The van der Waals surface area contributed by atoms with Crippen LogP contribution in [0.15, 0.2) is 82.0 Å². The second kappa shape index (κ2) is 6.13. The summed E-state index contributed by atoms with van der Waals surface area (Å²) in [5, 5.41) is 0. The molecule has 0 saturated carbocycles. The van der Waals surface area contributed by atoms with Crippen LogP contribution in [0, 0.1) is 0 Å². The number of hydrogen-bond acceptors (Lipinski definition) is 5. The molecule has 2 N–H and O–H groups in total. The Bertz CT molecular complexity index is 1320. The molecule has 0 fully saturated rings. The van der Waals surface area contributed by atoms with Crippen LogP contribution in [-0.4, -0.2) is 19.9 Å². The minimum atomic E-state index is 0.687. The Morgan fingerprint density at radius 2 is 1.17 bits per heavy atom. The van der Waals surface area contributed by atoms with Gasteiger partial charge in [-0.1, -0.05) is 0 Å². The molecule has 140 valence electrons. The van der Waals surface area contributed by atoms with Crippen molar-refractivity contribution < 1.29 is 13.6 Å². The molecular formula is C22H14N4O3. The monoisotopic (exact) mass is 382 g/mol. The third kappa shape index (κ3) is 2.76. The van der Waals surface area contributed by atoms with Gasteiger partial charge in [0, 0.05) is 12.1 Å². The fourth-order valence-corrected chi connectivity index (χ4v) is 3.30. The van der Waals surface area contributed by atoms with E-state index in [9.17, 15) is 0 Å². The Morgan fingerprint density at radius 3 is 1.62 bits per heavy atom. The normalized spacial score (nSPS) is 11.4. The summed E-state index contributed by atoms with van der Waals surface area (Å²) in [4.78, 5) is 15.6. The van der Waals surface area contributed by atoms with Crippen molar-refractivity contribution in [3.05, 3.63) is 73.2 Å². The van der Waals surface area contributed by atoms with Crippen molar-refractivity contribution >= 4 is 22.1 Å². The summed E-state index contributed by atoms with van der Waals surface area (Å²) >= 11 is 0. The standard InChI is InChI=1S/C22H14N4O3/c1-3-19(27-9-1)21-23-15-7-5-13(11-17(15)25-21)29-14-6-8-16-18(12-14)26-22(24-16)20-4-2-10-28-20/h1-12H,(H,23,25)(H,24,26). The Balaban J connectivity index is 1.31. The highest BCUT2D eigenvalue weighted by Crippen LogP contribution is 2.29. The average molecular weight is 382 g/mol. The van der Waals surface area contributed by atoms with E-state index in [4.69, 9.17) is 13.6 Å². The molecule has 29 heavy (non-hydrogen) atoms. The molecule has 0 bridgehead atoms. The van der Waals surface area contributed by atoms with Gasteiger partial charge in [0.2, 0.25) is 0 Å². The quantitative estimate of drug-likeness (QED) is 0.405. The van der Waals surface area contributed by atoms with Crippen molar-refractivity contribution in [1.82, 2.24) is 19.9 Å². The van der Waals surface area contributed by atoms with Gasteiger partial charge in [-0.3, -0.25) is 0 Å². The molecule has 6 aromatic rings. The van der Waals surface area contributed by atoms with E-state index >= 15 is 0 Å². The van der Waals surface area contributed by atoms with Gasteiger partial charge in [0.05, 0.1) is 34.6 Å². The van der Waals surface area contributed by atoms with Crippen LogP contribution in [-0.2, 0) is 0 Å². The van der Waals surface area contributed by atoms with Crippen molar-refractivity contribution in [2.45, 2.75) is 0 Å². The molecule has 4 heterocycles. The number of hydrogen-bond donors (Lipinski definition) is 2. The molecule has 0 unspecified atom stereocenters. The molecule has 0 aliphatic heterocycles. The number of furan rings is 2. The Kier molecular flexibility index (Phi) is 3.33. The van der Waals surface area contributed by atoms with E-state index < -0.39 is 0 Å². The van der Waals surface area contributed by atoms with Crippen molar-refractivity contribution in [2.75, 3.05) is 0 Å². The summed E-state index contributed by atoms with van der Waals surface area (Å²) in [5.41, 5.74) is 3.43. The van der Waals surface area contributed by atoms with Crippen molar-refractivity contribution in [1.29, 1.82) is 0 Å². The number of aromatic nitrogens is 4. The molecular weight excluding hydrogens is 368 g/mol. The van der Waals surface area contributed by atoms with Gasteiger partial charge in [0.25, 0.3) is 0 Å². The maximum atomic E-state index is 6.05. The van der Waals surface area contributed by atoms with E-state index in [-0.39, 0.29) is 0 Å². The lowest BCUT2D eigenvalue weighted by molar-refractivity contribution is 0.484. The van der Waals surface area contributed by atoms with Gasteiger partial charge in [-0.05, 0) is 48.5 Å². The summed E-state index contributed by atoms with van der Waals surface area (Å²) in [7, 11) is 0. The molecule has 7 heteroatoms. The summed E-state index contributed by atoms with van der Waals surface area (Å²) in [6.07, 6.45) is 3.25. The van der Waals surface area contributed by atoms with Crippen LogP contribution < -0.4 is 4.74 Å². The van der Waals surface area contributed by atoms with Crippen molar-refractivity contribution in [2.24, 2.45) is 0 Å². The van der Waals surface area contributed by atoms with E-state index in [1.807, 2.05) is 60.7 Å². The molecule has 0 atom stereocenters. The van der Waals surface area contributed by atoms with Crippen molar-refractivity contribution in [3.63, 3.8) is 0 Å². The van der Waals surface area contributed by atoms with Gasteiger partial charge in [-0.25, -0.2) is 9.97 Å². The predicted molar refractivity (Wildman–Crippen MR) is 108 cm³/mol. The number of aromatic amines is 2. The Labute approximate surface area is 164 Å². The molecule has 0 radical (unpaired) electrons. The minimum absolute atomic E-state index is 0.687. The Morgan fingerprint density at radius 1 is 0.655 bits per heavy atom. The van der Waals surface area contributed by atoms with Gasteiger partial charge in [-0.15, -0.1) is 0 Å². The Hall–Kier alpha value is -4.26. The largest absolute Gasteiger partial charge is 0.461 e. The number of nitrogens with one attached hydrogen (secondary N) is 2. The van der Waals surface area contributed by atoms with E-state index in [0.717, 1.165) is 22.1 Å². The molecule has 0 aliphatic carbocycles. The highest BCUT2D eigenvalue weighted by atomic mass is 16.5. The van der Waals surface area contributed by atoms with Gasteiger partial charge in [0.1, 0.15) is 11.5 Å². The molecule has 0 spiro atoms. The summed E-state index contributed by atoms with van der Waals surface area (Å²) < 4.78 is 16.9. The summed E-state index contributed by atoms with van der Waals surface area (Å²) in [6, 6.07) is 18.8. The SMILES string of the molecule is c1coc(-c2nc3ccc(Oc4ccc5nc(-c6ccco6)[nH]c5c4)cc3[nH]2)c1. The number of nitrogens with zero attached hydrogens (tertiary/aromatic N) is 2.